The molecule has 0 N–H and O–H groups in total. The third-order valence-electron chi connectivity index (χ3n) is 3.29. The minimum Gasteiger partial charge on any atom is -0.873 e. The summed E-state index contributed by atoms with van der Waals surface area (Å²) in [6.45, 7) is 6.04. The van der Waals surface area contributed by atoms with E-state index in [2.05, 4.69) is 6.92 Å². The Kier molecular flexibility index (Phi) is 8.10. The number of hydrogen-bond acceptors (Lipinski definition) is 2. The Morgan fingerprint density at radius 1 is 0.889 bits per heavy atom. The van der Waals surface area contributed by atoms with E-state index >= 15 is 0 Å². The maximum atomic E-state index is 11.9. The normalized spacial score (nSPS) is 10.2. The molecule has 1 rings (SSSR count). The molecule has 0 saturated carbocycles. The zero-order chi connectivity index (χ0) is 12.8. The molecule has 18 heavy (non-hydrogen) atoms. The molecule has 0 radical (unpaired) electrons. The first-order valence-electron chi connectivity index (χ1n) is 6.67. The van der Waals surface area contributed by atoms with Gasteiger partial charge in [-0.1, -0.05) is 50.8 Å². The molecule has 1 aromatic carbocycles. The third-order valence-corrected chi connectivity index (χ3v) is 3.29. The van der Waals surface area contributed by atoms with Crippen LogP contribution in [0.4, 0.5) is 0 Å². The minimum atomic E-state index is -0.288. The summed E-state index contributed by atoms with van der Waals surface area (Å²) in [7, 11) is 0. The average Bonchev–Trinajstić information content (AvgIpc) is 2.34. The molecule has 0 amide bonds. The number of unbranched alkanes of at least 4 members (excludes halogenated alkanes) is 2. The van der Waals surface area contributed by atoms with Crippen molar-refractivity contribution in [2.75, 3.05) is 0 Å². The van der Waals surface area contributed by atoms with Gasteiger partial charge in [0.25, 0.3) is 0 Å². The summed E-state index contributed by atoms with van der Waals surface area (Å²) in [5, 5.41) is 23.7. The van der Waals surface area contributed by atoms with Crippen LogP contribution in [0.3, 0.4) is 0 Å². The van der Waals surface area contributed by atoms with Gasteiger partial charge in [0.1, 0.15) is 0 Å². The zero-order valence-corrected chi connectivity index (χ0v) is 12.4. The Morgan fingerprint density at radius 3 is 2.06 bits per heavy atom. The van der Waals surface area contributed by atoms with Crippen LogP contribution in [0, 0.1) is 0 Å². The first-order valence-corrected chi connectivity index (χ1v) is 6.67. The molecule has 3 heteroatoms. The van der Waals surface area contributed by atoms with Gasteiger partial charge in [-0.3, -0.25) is 0 Å². The van der Waals surface area contributed by atoms with E-state index in [-0.39, 0.29) is 28.0 Å². The fraction of sp³-hybridized carbons (Fsp3) is 0.600. The molecular formula is C15H22NiO2. The van der Waals surface area contributed by atoms with Crippen LogP contribution in [0.25, 0.3) is 0 Å². The van der Waals surface area contributed by atoms with Crippen LogP contribution in [0.2, 0.25) is 0 Å². The van der Waals surface area contributed by atoms with Crippen LogP contribution in [0.1, 0.15) is 56.7 Å². The second-order valence-electron chi connectivity index (χ2n) is 4.50. The molecule has 0 fully saturated rings. The molecule has 0 aliphatic rings. The van der Waals surface area contributed by atoms with Crippen LogP contribution in [-0.4, -0.2) is 0 Å². The van der Waals surface area contributed by atoms with Crippen LogP contribution in [-0.2, 0) is 35.8 Å². The quantitative estimate of drug-likeness (QED) is 0.598. The van der Waals surface area contributed by atoms with Gasteiger partial charge in [-0.25, -0.2) is 0 Å². The molecule has 0 heterocycles. The van der Waals surface area contributed by atoms with E-state index in [1.807, 2.05) is 19.9 Å². The van der Waals surface area contributed by atoms with Crippen molar-refractivity contribution in [3.05, 3.63) is 22.8 Å². The predicted molar refractivity (Wildman–Crippen MR) is 67.3 cm³/mol. The molecule has 104 valence electrons. The SMILES string of the molecule is CCCCCc1cc(CC)c([O-])c([O-])c1CC.[Ni+2]. The van der Waals surface area contributed by atoms with Gasteiger partial charge in [-0.05, 0) is 31.2 Å². The van der Waals surface area contributed by atoms with Gasteiger partial charge in [0.15, 0.2) is 0 Å². The van der Waals surface area contributed by atoms with Crippen molar-refractivity contribution in [1.29, 1.82) is 0 Å². The fourth-order valence-electron chi connectivity index (χ4n) is 2.23. The first-order chi connectivity index (χ1) is 8.15. The van der Waals surface area contributed by atoms with Gasteiger partial charge in [0.2, 0.25) is 0 Å². The van der Waals surface area contributed by atoms with E-state index in [1.165, 1.54) is 12.8 Å². The standard InChI is InChI=1S/C15H24O2.Ni/c1-4-7-8-9-12-10-11(5-2)14(16)15(17)13(12)6-3;/h10,16-17H,4-9H2,1-3H3;/q;+2/p-2. The van der Waals surface area contributed by atoms with Gasteiger partial charge in [0, 0.05) is 0 Å². The van der Waals surface area contributed by atoms with Crippen molar-refractivity contribution >= 4 is 0 Å². The Morgan fingerprint density at radius 2 is 1.56 bits per heavy atom. The Bertz CT molecular complexity index is 375. The van der Waals surface area contributed by atoms with Gasteiger partial charge >= 0.3 is 16.5 Å². The number of hydrogen-bond donors (Lipinski definition) is 0. The molecule has 0 aromatic heterocycles. The summed E-state index contributed by atoms with van der Waals surface area (Å²) in [6, 6.07) is 1.96. The number of rotatable bonds is 6. The van der Waals surface area contributed by atoms with Crippen molar-refractivity contribution in [2.45, 2.75) is 59.3 Å². The average molecular weight is 293 g/mol. The second kappa shape index (κ2) is 8.42. The number of benzene rings is 1. The maximum Gasteiger partial charge on any atom is 2.00 e. The van der Waals surface area contributed by atoms with Crippen molar-refractivity contribution in [3.63, 3.8) is 0 Å². The van der Waals surface area contributed by atoms with E-state index in [9.17, 15) is 10.2 Å². The third kappa shape index (κ3) is 3.91. The Labute approximate surface area is 120 Å². The van der Waals surface area contributed by atoms with Gasteiger partial charge in [0.05, 0.1) is 0 Å². The molecule has 1 aromatic rings. The van der Waals surface area contributed by atoms with E-state index in [0.29, 0.717) is 18.4 Å². The zero-order valence-electron chi connectivity index (χ0n) is 11.5. The molecule has 0 atom stereocenters. The van der Waals surface area contributed by atoms with Gasteiger partial charge < -0.3 is 10.2 Å². The molecule has 0 spiro atoms. The van der Waals surface area contributed by atoms with Crippen LogP contribution in [0.15, 0.2) is 6.07 Å². The summed E-state index contributed by atoms with van der Waals surface area (Å²) in [6.07, 6.45) is 5.70. The summed E-state index contributed by atoms with van der Waals surface area (Å²) >= 11 is 0. The number of aryl methyl sites for hydroxylation is 2. The first kappa shape index (κ1) is 17.3. The maximum absolute atomic E-state index is 11.9. The molecule has 2 nitrogen and oxygen atoms in total. The molecule has 0 bridgehead atoms. The van der Waals surface area contributed by atoms with Gasteiger partial charge in [-0.2, -0.15) is 0 Å². The molecule has 0 saturated heterocycles. The van der Waals surface area contributed by atoms with Crippen molar-refractivity contribution < 1.29 is 26.7 Å². The van der Waals surface area contributed by atoms with Crippen LogP contribution < -0.4 is 10.2 Å². The van der Waals surface area contributed by atoms with E-state index < -0.39 is 0 Å². The van der Waals surface area contributed by atoms with Crippen molar-refractivity contribution in [2.24, 2.45) is 0 Å². The Balaban J connectivity index is 0.00000289. The minimum absolute atomic E-state index is 0. The van der Waals surface area contributed by atoms with Gasteiger partial charge in [-0.15, -0.1) is 11.5 Å². The smallest absolute Gasteiger partial charge is 0.873 e. The van der Waals surface area contributed by atoms with E-state index in [1.54, 1.807) is 0 Å². The summed E-state index contributed by atoms with van der Waals surface area (Å²) in [5.41, 5.74) is 2.52. The largest absolute Gasteiger partial charge is 2.00 e. The van der Waals surface area contributed by atoms with E-state index in [4.69, 9.17) is 0 Å². The molecule has 0 aliphatic carbocycles. The monoisotopic (exact) mass is 292 g/mol. The molecule has 0 unspecified atom stereocenters. The van der Waals surface area contributed by atoms with Crippen molar-refractivity contribution in [1.82, 2.24) is 0 Å². The molecular weight excluding hydrogens is 271 g/mol. The topological polar surface area (TPSA) is 46.1 Å². The summed E-state index contributed by atoms with van der Waals surface area (Å²) < 4.78 is 0. The van der Waals surface area contributed by atoms with Crippen LogP contribution in [0.5, 0.6) is 11.5 Å². The predicted octanol–water partition coefficient (Wildman–Crippen LogP) is 2.69. The summed E-state index contributed by atoms with van der Waals surface area (Å²) in [4.78, 5) is 0. The fourth-order valence-corrected chi connectivity index (χ4v) is 2.23. The van der Waals surface area contributed by atoms with Crippen LogP contribution >= 0.6 is 0 Å². The Hall–Kier alpha value is -0.686. The molecule has 0 aliphatic heterocycles. The van der Waals surface area contributed by atoms with Crippen molar-refractivity contribution in [3.8, 4) is 11.5 Å². The second-order valence-corrected chi connectivity index (χ2v) is 4.50. The van der Waals surface area contributed by atoms with E-state index in [0.717, 1.165) is 24.0 Å². The summed E-state index contributed by atoms with van der Waals surface area (Å²) in [5.74, 6) is -0.554.